The van der Waals surface area contributed by atoms with Gasteiger partial charge in [0.25, 0.3) is 5.91 Å². The lowest BCUT2D eigenvalue weighted by molar-refractivity contribution is 0.0309. The van der Waals surface area contributed by atoms with Gasteiger partial charge in [-0.15, -0.1) is 0 Å². The third-order valence-electron chi connectivity index (χ3n) is 3.00. The molecule has 0 radical (unpaired) electrons. The van der Waals surface area contributed by atoms with Crippen molar-refractivity contribution in [2.75, 3.05) is 6.54 Å². The molecule has 0 aliphatic heterocycles. The summed E-state index contributed by atoms with van der Waals surface area (Å²) in [4.78, 5) is 15.8. The zero-order valence-corrected chi connectivity index (χ0v) is 10.8. The van der Waals surface area contributed by atoms with Crippen LogP contribution < -0.4 is 5.32 Å². The van der Waals surface area contributed by atoms with Gasteiger partial charge >= 0.3 is 0 Å². The molecule has 5 heteroatoms. The SMILES string of the molecule is CCC(O)(CC)CNC(=O)c1oc(C)nc1C. The minimum Gasteiger partial charge on any atom is -0.436 e. The van der Waals surface area contributed by atoms with Crippen LogP contribution in [0.15, 0.2) is 4.42 Å². The lowest BCUT2D eigenvalue weighted by atomic mass is 9.97. The molecule has 0 unspecified atom stereocenters. The van der Waals surface area contributed by atoms with Gasteiger partial charge in [-0.25, -0.2) is 4.98 Å². The third-order valence-corrected chi connectivity index (χ3v) is 3.00. The Labute approximate surface area is 101 Å². The van der Waals surface area contributed by atoms with Crippen LogP contribution in [0.1, 0.15) is 48.8 Å². The summed E-state index contributed by atoms with van der Waals surface area (Å²) in [5.74, 6) is 0.356. The highest BCUT2D eigenvalue weighted by molar-refractivity contribution is 5.92. The molecule has 5 nitrogen and oxygen atoms in total. The molecule has 1 heterocycles. The summed E-state index contributed by atoms with van der Waals surface area (Å²) in [6.45, 7) is 7.41. The molecule has 1 aromatic rings. The van der Waals surface area contributed by atoms with Gasteiger partial charge in [0.2, 0.25) is 5.76 Å². The van der Waals surface area contributed by atoms with Crippen LogP contribution in [-0.4, -0.2) is 28.1 Å². The summed E-state index contributed by atoms with van der Waals surface area (Å²) >= 11 is 0. The number of carbonyl (C=O) groups is 1. The zero-order chi connectivity index (χ0) is 13.1. The average molecular weight is 240 g/mol. The molecular formula is C12H20N2O3. The smallest absolute Gasteiger partial charge is 0.289 e. The van der Waals surface area contributed by atoms with Gasteiger partial charge in [-0.1, -0.05) is 13.8 Å². The second-order valence-electron chi connectivity index (χ2n) is 4.26. The lowest BCUT2D eigenvalue weighted by Gasteiger charge is -2.25. The van der Waals surface area contributed by atoms with Crippen LogP contribution in [0.4, 0.5) is 0 Å². The monoisotopic (exact) mass is 240 g/mol. The number of rotatable bonds is 5. The second kappa shape index (κ2) is 5.31. The van der Waals surface area contributed by atoms with E-state index >= 15 is 0 Å². The Morgan fingerprint density at radius 1 is 1.41 bits per heavy atom. The van der Waals surface area contributed by atoms with Crippen LogP contribution in [0, 0.1) is 13.8 Å². The van der Waals surface area contributed by atoms with Crippen LogP contribution in [0.5, 0.6) is 0 Å². The number of oxazole rings is 1. The first kappa shape index (κ1) is 13.7. The molecule has 1 aromatic heterocycles. The van der Waals surface area contributed by atoms with E-state index in [1.54, 1.807) is 13.8 Å². The van der Waals surface area contributed by atoms with E-state index in [-0.39, 0.29) is 18.2 Å². The van der Waals surface area contributed by atoms with Crippen molar-refractivity contribution in [2.24, 2.45) is 0 Å². The number of aliphatic hydroxyl groups is 1. The van der Waals surface area contributed by atoms with E-state index in [4.69, 9.17) is 4.42 Å². The predicted molar refractivity (Wildman–Crippen MR) is 63.8 cm³/mol. The number of nitrogens with one attached hydrogen (secondary N) is 1. The summed E-state index contributed by atoms with van der Waals surface area (Å²) in [5, 5.41) is 12.7. The molecule has 96 valence electrons. The molecule has 0 aliphatic rings. The van der Waals surface area contributed by atoms with E-state index in [1.165, 1.54) is 0 Å². The number of nitrogens with zero attached hydrogens (tertiary/aromatic N) is 1. The molecule has 0 aliphatic carbocycles. The van der Waals surface area contributed by atoms with Gasteiger partial charge in [0, 0.05) is 13.5 Å². The van der Waals surface area contributed by atoms with Crippen LogP contribution in [0.25, 0.3) is 0 Å². The summed E-state index contributed by atoms with van der Waals surface area (Å²) in [6.07, 6.45) is 1.19. The molecule has 2 N–H and O–H groups in total. The van der Waals surface area contributed by atoms with Crippen molar-refractivity contribution in [2.45, 2.75) is 46.1 Å². The fourth-order valence-corrected chi connectivity index (χ4v) is 1.57. The topological polar surface area (TPSA) is 75.4 Å². The van der Waals surface area contributed by atoms with E-state index in [1.807, 2.05) is 13.8 Å². The predicted octanol–water partition coefficient (Wildman–Crippen LogP) is 1.57. The molecule has 0 spiro atoms. The Hall–Kier alpha value is -1.36. The molecular weight excluding hydrogens is 220 g/mol. The van der Waals surface area contributed by atoms with E-state index in [9.17, 15) is 9.90 Å². The summed E-state index contributed by atoms with van der Waals surface area (Å²) < 4.78 is 5.20. The Morgan fingerprint density at radius 3 is 2.41 bits per heavy atom. The molecule has 17 heavy (non-hydrogen) atoms. The first-order valence-electron chi connectivity index (χ1n) is 5.86. The van der Waals surface area contributed by atoms with E-state index in [0.717, 1.165) is 0 Å². The maximum absolute atomic E-state index is 11.8. The third kappa shape index (κ3) is 3.30. The van der Waals surface area contributed by atoms with Crippen LogP contribution in [0.3, 0.4) is 0 Å². The van der Waals surface area contributed by atoms with Gasteiger partial charge in [-0.05, 0) is 19.8 Å². The molecule has 1 amide bonds. The Morgan fingerprint density at radius 2 is 2.00 bits per heavy atom. The van der Waals surface area contributed by atoms with Crippen LogP contribution in [-0.2, 0) is 0 Å². The van der Waals surface area contributed by atoms with Crippen molar-refractivity contribution < 1.29 is 14.3 Å². The molecule has 0 saturated heterocycles. The van der Waals surface area contributed by atoms with E-state index in [2.05, 4.69) is 10.3 Å². The van der Waals surface area contributed by atoms with Gasteiger partial charge < -0.3 is 14.8 Å². The minimum absolute atomic E-state index is 0.219. The highest BCUT2D eigenvalue weighted by Gasteiger charge is 2.24. The Balaban J connectivity index is 2.65. The van der Waals surface area contributed by atoms with Gasteiger partial charge in [-0.3, -0.25) is 4.79 Å². The maximum atomic E-state index is 11.8. The minimum atomic E-state index is -0.849. The lowest BCUT2D eigenvalue weighted by Crippen LogP contribution is -2.42. The van der Waals surface area contributed by atoms with Crippen molar-refractivity contribution in [1.82, 2.24) is 10.3 Å². The number of hydrogen-bond acceptors (Lipinski definition) is 4. The summed E-state index contributed by atoms with van der Waals surface area (Å²) in [7, 11) is 0. The highest BCUT2D eigenvalue weighted by atomic mass is 16.4. The Kier molecular flexibility index (Phi) is 4.28. The quantitative estimate of drug-likeness (QED) is 0.819. The summed E-state index contributed by atoms with van der Waals surface area (Å²) in [5.41, 5.74) is -0.282. The van der Waals surface area contributed by atoms with Crippen molar-refractivity contribution in [3.05, 3.63) is 17.3 Å². The molecule has 0 saturated carbocycles. The average Bonchev–Trinajstić information content (AvgIpc) is 2.65. The number of amides is 1. The van der Waals surface area contributed by atoms with Gasteiger partial charge in [0.15, 0.2) is 5.89 Å². The molecule has 0 bridgehead atoms. The molecule has 0 aromatic carbocycles. The number of aryl methyl sites for hydroxylation is 2. The molecule has 1 rings (SSSR count). The fourth-order valence-electron chi connectivity index (χ4n) is 1.57. The normalized spacial score (nSPS) is 11.6. The van der Waals surface area contributed by atoms with E-state index in [0.29, 0.717) is 24.4 Å². The van der Waals surface area contributed by atoms with Gasteiger partial charge in [0.05, 0.1) is 11.3 Å². The second-order valence-corrected chi connectivity index (χ2v) is 4.26. The largest absolute Gasteiger partial charge is 0.436 e. The standard InChI is InChI=1S/C12H20N2O3/c1-5-12(16,6-2)7-13-11(15)10-8(3)14-9(4)17-10/h16H,5-7H2,1-4H3,(H,13,15). The fraction of sp³-hybridized carbons (Fsp3) is 0.667. The number of carbonyl (C=O) groups excluding carboxylic acids is 1. The Bertz CT molecular complexity index is 394. The molecule has 0 atom stereocenters. The number of aromatic nitrogens is 1. The maximum Gasteiger partial charge on any atom is 0.289 e. The summed E-state index contributed by atoms with van der Waals surface area (Å²) in [6, 6.07) is 0. The van der Waals surface area contributed by atoms with Crippen molar-refractivity contribution in [3.8, 4) is 0 Å². The first-order chi connectivity index (χ1) is 7.91. The van der Waals surface area contributed by atoms with Crippen LogP contribution >= 0.6 is 0 Å². The zero-order valence-electron chi connectivity index (χ0n) is 10.8. The van der Waals surface area contributed by atoms with Gasteiger partial charge in [0.1, 0.15) is 0 Å². The number of hydrogen-bond donors (Lipinski definition) is 2. The van der Waals surface area contributed by atoms with Crippen molar-refractivity contribution in [3.63, 3.8) is 0 Å². The van der Waals surface area contributed by atoms with Crippen molar-refractivity contribution in [1.29, 1.82) is 0 Å². The first-order valence-corrected chi connectivity index (χ1v) is 5.86. The van der Waals surface area contributed by atoms with Gasteiger partial charge in [-0.2, -0.15) is 0 Å². The molecule has 0 fully saturated rings. The van der Waals surface area contributed by atoms with Crippen molar-refractivity contribution >= 4 is 5.91 Å². The van der Waals surface area contributed by atoms with E-state index < -0.39 is 5.60 Å². The van der Waals surface area contributed by atoms with Crippen LogP contribution in [0.2, 0.25) is 0 Å². The highest BCUT2D eigenvalue weighted by Crippen LogP contribution is 2.14.